The first-order valence-corrected chi connectivity index (χ1v) is 5.95. The number of aromatic nitrogens is 1. The number of halogens is 3. The van der Waals surface area contributed by atoms with Crippen LogP contribution < -0.4 is 5.73 Å². The molecule has 102 valence electrons. The van der Waals surface area contributed by atoms with Gasteiger partial charge in [-0.3, -0.25) is 0 Å². The fraction of sp³-hybridized carbons (Fsp3) is 0.286. The minimum Gasteiger partial charge on any atom is -0.385 e. The number of nitrogen functional groups attached to an aromatic ring is 1. The molecule has 0 atom stereocenters. The first-order valence-electron chi connectivity index (χ1n) is 5.95. The van der Waals surface area contributed by atoms with E-state index in [0.717, 1.165) is 6.07 Å². The third-order valence-corrected chi connectivity index (χ3v) is 3.03. The van der Waals surface area contributed by atoms with Gasteiger partial charge in [0.25, 0.3) is 0 Å². The fourth-order valence-electron chi connectivity index (χ4n) is 2.10. The van der Waals surface area contributed by atoms with Crippen molar-refractivity contribution in [3.05, 3.63) is 42.1 Å². The van der Waals surface area contributed by atoms with Crippen LogP contribution in [0, 0.1) is 0 Å². The first kappa shape index (κ1) is 13.5. The molecule has 1 heterocycles. The van der Waals surface area contributed by atoms with Crippen LogP contribution in [0.25, 0.3) is 11.1 Å². The molecule has 0 spiro atoms. The highest BCUT2D eigenvalue weighted by molar-refractivity contribution is 5.77. The van der Waals surface area contributed by atoms with Crippen LogP contribution >= 0.6 is 0 Å². The summed E-state index contributed by atoms with van der Waals surface area (Å²) in [6.45, 7) is 3.85. The van der Waals surface area contributed by atoms with Crippen molar-refractivity contribution in [2.75, 3.05) is 5.73 Å². The zero-order valence-corrected chi connectivity index (χ0v) is 10.7. The summed E-state index contributed by atoms with van der Waals surface area (Å²) in [4.78, 5) is 0. The van der Waals surface area contributed by atoms with Crippen LogP contribution in [0.4, 0.5) is 19.0 Å². The third-order valence-electron chi connectivity index (χ3n) is 3.03. The standard InChI is InChI=1S/C14H15F3N2/c1-9(2)19-8-7-11(13(19)18)10-5-3-4-6-12(10)14(15,16)17/h3-9H,18H2,1-2H3. The van der Waals surface area contributed by atoms with Crippen molar-refractivity contribution in [3.8, 4) is 11.1 Å². The van der Waals surface area contributed by atoms with Crippen molar-refractivity contribution in [1.82, 2.24) is 4.57 Å². The lowest BCUT2D eigenvalue weighted by Crippen LogP contribution is -2.08. The Kier molecular flexibility index (Phi) is 3.30. The van der Waals surface area contributed by atoms with E-state index in [1.807, 2.05) is 13.8 Å². The molecule has 1 aromatic carbocycles. The van der Waals surface area contributed by atoms with Gasteiger partial charge in [-0.15, -0.1) is 0 Å². The van der Waals surface area contributed by atoms with E-state index < -0.39 is 11.7 Å². The van der Waals surface area contributed by atoms with Crippen molar-refractivity contribution >= 4 is 5.82 Å². The zero-order chi connectivity index (χ0) is 14.2. The van der Waals surface area contributed by atoms with Crippen LogP contribution in [0.2, 0.25) is 0 Å². The van der Waals surface area contributed by atoms with Crippen LogP contribution in [0.1, 0.15) is 25.5 Å². The predicted octanol–water partition coefficient (Wildman–Crippen LogP) is 4.34. The van der Waals surface area contributed by atoms with Gasteiger partial charge in [-0.25, -0.2) is 0 Å². The average Bonchev–Trinajstić information content (AvgIpc) is 2.70. The van der Waals surface area contributed by atoms with Gasteiger partial charge in [0.1, 0.15) is 5.82 Å². The van der Waals surface area contributed by atoms with Gasteiger partial charge in [-0.1, -0.05) is 18.2 Å². The van der Waals surface area contributed by atoms with Crippen LogP contribution in [-0.2, 0) is 6.18 Å². The summed E-state index contributed by atoms with van der Waals surface area (Å²) in [5.74, 6) is 0.353. The van der Waals surface area contributed by atoms with Gasteiger partial charge < -0.3 is 10.3 Å². The van der Waals surface area contributed by atoms with E-state index in [1.165, 1.54) is 12.1 Å². The van der Waals surface area contributed by atoms with E-state index in [9.17, 15) is 13.2 Å². The fourth-order valence-corrected chi connectivity index (χ4v) is 2.10. The maximum Gasteiger partial charge on any atom is 0.417 e. The van der Waals surface area contributed by atoms with Crippen molar-refractivity contribution in [2.45, 2.75) is 26.1 Å². The number of alkyl halides is 3. The molecule has 0 saturated heterocycles. The number of hydrogen-bond acceptors (Lipinski definition) is 1. The molecule has 0 fully saturated rings. The zero-order valence-electron chi connectivity index (χ0n) is 10.7. The Bertz CT molecular complexity index is 583. The highest BCUT2D eigenvalue weighted by atomic mass is 19.4. The second kappa shape index (κ2) is 4.64. The summed E-state index contributed by atoms with van der Waals surface area (Å²) in [6, 6.07) is 7.20. The van der Waals surface area contributed by atoms with E-state index in [2.05, 4.69) is 0 Å². The molecular weight excluding hydrogens is 253 g/mol. The maximum atomic E-state index is 13.0. The maximum absolute atomic E-state index is 13.0. The molecule has 1 aromatic heterocycles. The molecule has 0 unspecified atom stereocenters. The summed E-state index contributed by atoms with van der Waals surface area (Å²) < 4.78 is 40.7. The summed E-state index contributed by atoms with van der Waals surface area (Å²) in [7, 11) is 0. The Morgan fingerprint density at radius 2 is 1.68 bits per heavy atom. The number of nitrogens with two attached hydrogens (primary N) is 1. The number of hydrogen-bond donors (Lipinski definition) is 1. The van der Waals surface area contributed by atoms with Gasteiger partial charge in [-0.05, 0) is 31.5 Å². The number of nitrogens with zero attached hydrogens (tertiary/aromatic N) is 1. The summed E-state index contributed by atoms with van der Waals surface area (Å²) in [5, 5.41) is 0. The Morgan fingerprint density at radius 1 is 1.05 bits per heavy atom. The predicted molar refractivity (Wildman–Crippen MR) is 69.7 cm³/mol. The molecule has 5 heteroatoms. The van der Waals surface area contributed by atoms with Crippen LogP contribution in [0.15, 0.2) is 36.5 Å². The van der Waals surface area contributed by atoms with Gasteiger partial charge in [0.15, 0.2) is 0 Å². The highest BCUT2D eigenvalue weighted by Crippen LogP contribution is 2.39. The van der Waals surface area contributed by atoms with E-state index in [4.69, 9.17) is 5.73 Å². The first-order chi connectivity index (χ1) is 8.82. The molecule has 0 radical (unpaired) electrons. The summed E-state index contributed by atoms with van der Waals surface area (Å²) in [5.41, 5.74) is 5.82. The smallest absolute Gasteiger partial charge is 0.385 e. The van der Waals surface area contributed by atoms with Crippen molar-refractivity contribution < 1.29 is 13.2 Å². The van der Waals surface area contributed by atoms with Crippen LogP contribution in [0.3, 0.4) is 0 Å². The molecule has 2 N–H and O–H groups in total. The SMILES string of the molecule is CC(C)n1ccc(-c2ccccc2C(F)(F)F)c1N. The van der Waals surface area contributed by atoms with Gasteiger partial charge >= 0.3 is 6.18 Å². The Morgan fingerprint density at radius 3 is 2.21 bits per heavy atom. The average molecular weight is 268 g/mol. The molecule has 0 saturated carbocycles. The molecule has 0 aliphatic rings. The second-order valence-electron chi connectivity index (χ2n) is 4.66. The highest BCUT2D eigenvalue weighted by Gasteiger charge is 2.34. The topological polar surface area (TPSA) is 30.9 Å². The van der Waals surface area contributed by atoms with Gasteiger partial charge in [0.2, 0.25) is 0 Å². The van der Waals surface area contributed by atoms with Gasteiger partial charge in [0.05, 0.1) is 5.56 Å². The molecule has 0 aliphatic carbocycles. The van der Waals surface area contributed by atoms with E-state index in [1.54, 1.807) is 22.9 Å². The molecular formula is C14H15F3N2. The van der Waals surface area contributed by atoms with Crippen molar-refractivity contribution in [1.29, 1.82) is 0 Å². The minimum absolute atomic E-state index is 0.104. The molecule has 2 aromatic rings. The van der Waals surface area contributed by atoms with Crippen LogP contribution in [0.5, 0.6) is 0 Å². The van der Waals surface area contributed by atoms with Gasteiger partial charge in [0, 0.05) is 17.8 Å². The Balaban J connectivity index is 2.60. The third kappa shape index (κ3) is 2.45. The van der Waals surface area contributed by atoms with Crippen molar-refractivity contribution in [2.24, 2.45) is 0 Å². The molecule has 2 nitrogen and oxygen atoms in total. The second-order valence-corrected chi connectivity index (χ2v) is 4.66. The lowest BCUT2D eigenvalue weighted by atomic mass is 10.0. The molecule has 0 bridgehead atoms. The minimum atomic E-state index is -4.39. The largest absolute Gasteiger partial charge is 0.417 e. The monoisotopic (exact) mass is 268 g/mol. The van der Waals surface area contributed by atoms with Crippen molar-refractivity contribution in [3.63, 3.8) is 0 Å². The molecule has 0 aliphatic heterocycles. The lowest BCUT2D eigenvalue weighted by Gasteiger charge is -2.14. The molecule has 0 amide bonds. The molecule has 19 heavy (non-hydrogen) atoms. The normalized spacial score (nSPS) is 12.1. The quantitative estimate of drug-likeness (QED) is 0.863. The van der Waals surface area contributed by atoms with E-state index in [0.29, 0.717) is 11.4 Å². The summed E-state index contributed by atoms with van der Waals surface area (Å²) in [6.07, 6.45) is -2.68. The van der Waals surface area contributed by atoms with Gasteiger partial charge in [-0.2, -0.15) is 13.2 Å². The molecule has 2 rings (SSSR count). The number of benzene rings is 1. The van der Waals surface area contributed by atoms with Crippen LogP contribution in [-0.4, -0.2) is 4.57 Å². The Hall–Kier alpha value is -1.91. The summed E-state index contributed by atoms with van der Waals surface area (Å²) >= 11 is 0. The number of anilines is 1. The lowest BCUT2D eigenvalue weighted by molar-refractivity contribution is -0.137. The van der Waals surface area contributed by atoms with E-state index >= 15 is 0 Å². The van der Waals surface area contributed by atoms with E-state index in [-0.39, 0.29) is 11.6 Å². The number of rotatable bonds is 2. The Labute approximate surface area is 109 Å².